The summed E-state index contributed by atoms with van der Waals surface area (Å²) >= 11 is 0. The highest BCUT2D eigenvalue weighted by atomic mass is 16.5. The van der Waals surface area contributed by atoms with E-state index in [4.69, 9.17) is 5.11 Å². The van der Waals surface area contributed by atoms with Crippen molar-refractivity contribution in [2.75, 3.05) is 19.0 Å². The molecule has 0 aromatic heterocycles. The molecule has 0 bridgehead atoms. The summed E-state index contributed by atoms with van der Waals surface area (Å²) in [6.45, 7) is -0.484. The van der Waals surface area contributed by atoms with Crippen molar-refractivity contribution in [1.29, 1.82) is 0 Å². The van der Waals surface area contributed by atoms with Crippen LogP contribution in [0.4, 0.5) is 10.5 Å². The molecule has 0 heterocycles. The zero-order chi connectivity index (χ0) is 13.5. The molecule has 0 fully saturated rings. The van der Waals surface area contributed by atoms with Gasteiger partial charge in [-0.25, -0.2) is 9.59 Å². The standard InChI is InChI=1S/C11H12N2O5/c1-18-10(16)7-3-2-4-8(5-7)13-11(17)12-6-9(14)15/h2-5H,6H2,1H3,(H,14,15)(H2,12,13,17). The number of urea groups is 1. The Kier molecular flexibility index (Phi) is 4.67. The number of carbonyl (C=O) groups is 3. The highest BCUT2D eigenvalue weighted by Crippen LogP contribution is 2.11. The average Bonchev–Trinajstić information content (AvgIpc) is 2.35. The van der Waals surface area contributed by atoms with Crippen LogP contribution >= 0.6 is 0 Å². The third-order valence-corrected chi connectivity index (χ3v) is 1.94. The number of methoxy groups -OCH3 is 1. The number of carboxylic acid groups (broad SMARTS) is 1. The van der Waals surface area contributed by atoms with Crippen LogP contribution in [0.1, 0.15) is 10.4 Å². The van der Waals surface area contributed by atoms with Gasteiger partial charge in [-0.3, -0.25) is 4.79 Å². The molecule has 0 spiro atoms. The Morgan fingerprint density at radius 2 is 2.06 bits per heavy atom. The molecular weight excluding hydrogens is 240 g/mol. The highest BCUT2D eigenvalue weighted by molar-refractivity contribution is 5.94. The number of rotatable bonds is 4. The zero-order valence-corrected chi connectivity index (χ0v) is 9.60. The summed E-state index contributed by atoms with van der Waals surface area (Å²) in [5.74, 6) is -1.67. The molecule has 0 unspecified atom stereocenters. The minimum Gasteiger partial charge on any atom is -0.480 e. The molecule has 3 N–H and O–H groups in total. The van der Waals surface area contributed by atoms with Gasteiger partial charge in [0.2, 0.25) is 0 Å². The summed E-state index contributed by atoms with van der Waals surface area (Å²) < 4.78 is 4.53. The molecule has 1 aromatic carbocycles. The summed E-state index contributed by atoms with van der Waals surface area (Å²) in [7, 11) is 1.25. The smallest absolute Gasteiger partial charge is 0.337 e. The van der Waals surface area contributed by atoms with E-state index in [1.807, 2.05) is 0 Å². The van der Waals surface area contributed by atoms with Gasteiger partial charge in [0.1, 0.15) is 6.54 Å². The number of esters is 1. The Balaban J connectivity index is 2.64. The summed E-state index contributed by atoms with van der Waals surface area (Å²) in [5, 5.41) is 12.9. The first-order valence-electron chi connectivity index (χ1n) is 4.98. The van der Waals surface area contributed by atoms with Gasteiger partial charge in [0.25, 0.3) is 0 Å². The van der Waals surface area contributed by atoms with E-state index in [2.05, 4.69) is 15.4 Å². The van der Waals surface area contributed by atoms with Gasteiger partial charge < -0.3 is 20.5 Å². The molecule has 18 heavy (non-hydrogen) atoms. The predicted molar refractivity (Wildman–Crippen MR) is 62.4 cm³/mol. The first-order chi connectivity index (χ1) is 8.52. The molecule has 0 aliphatic rings. The van der Waals surface area contributed by atoms with Gasteiger partial charge in [-0.05, 0) is 18.2 Å². The van der Waals surface area contributed by atoms with E-state index in [0.717, 1.165) is 0 Å². The van der Waals surface area contributed by atoms with Crippen molar-refractivity contribution >= 4 is 23.7 Å². The SMILES string of the molecule is COC(=O)c1cccc(NC(=O)NCC(=O)O)c1. The lowest BCUT2D eigenvalue weighted by molar-refractivity contribution is -0.135. The fourth-order valence-electron chi connectivity index (χ4n) is 1.17. The van der Waals surface area contributed by atoms with E-state index >= 15 is 0 Å². The number of carboxylic acids is 1. The van der Waals surface area contributed by atoms with Crippen LogP contribution in [-0.4, -0.2) is 36.7 Å². The maximum atomic E-state index is 11.3. The predicted octanol–water partition coefficient (Wildman–Crippen LogP) is 0.679. The molecule has 0 saturated carbocycles. The van der Waals surface area contributed by atoms with Crippen LogP contribution in [-0.2, 0) is 9.53 Å². The summed E-state index contributed by atoms with van der Waals surface area (Å²) in [4.78, 5) is 32.7. The van der Waals surface area contributed by atoms with E-state index in [1.54, 1.807) is 12.1 Å². The fraction of sp³-hybridized carbons (Fsp3) is 0.182. The van der Waals surface area contributed by atoms with Crippen LogP contribution in [0.2, 0.25) is 0 Å². The quantitative estimate of drug-likeness (QED) is 0.683. The van der Waals surface area contributed by atoms with Gasteiger partial charge in [0.05, 0.1) is 12.7 Å². The first kappa shape index (κ1) is 13.5. The van der Waals surface area contributed by atoms with E-state index in [1.165, 1.54) is 19.2 Å². The van der Waals surface area contributed by atoms with E-state index in [0.29, 0.717) is 5.69 Å². The van der Waals surface area contributed by atoms with Gasteiger partial charge >= 0.3 is 18.0 Å². The lowest BCUT2D eigenvalue weighted by atomic mass is 10.2. The minimum atomic E-state index is -1.14. The van der Waals surface area contributed by atoms with Crippen molar-refractivity contribution in [3.05, 3.63) is 29.8 Å². The summed E-state index contributed by atoms with van der Waals surface area (Å²) in [6.07, 6.45) is 0. The van der Waals surface area contributed by atoms with Gasteiger partial charge in [0, 0.05) is 5.69 Å². The molecule has 0 saturated heterocycles. The normalized spacial score (nSPS) is 9.39. The number of benzene rings is 1. The van der Waals surface area contributed by atoms with Crippen molar-refractivity contribution in [3.8, 4) is 0 Å². The number of anilines is 1. The molecule has 1 aromatic rings. The second kappa shape index (κ2) is 6.24. The number of nitrogens with one attached hydrogen (secondary N) is 2. The minimum absolute atomic E-state index is 0.286. The summed E-state index contributed by atoms with van der Waals surface area (Å²) in [6, 6.07) is 5.42. The van der Waals surface area contributed by atoms with Gasteiger partial charge in [-0.2, -0.15) is 0 Å². The molecule has 7 nitrogen and oxygen atoms in total. The van der Waals surface area contributed by atoms with E-state index in [-0.39, 0.29) is 5.56 Å². The monoisotopic (exact) mass is 252 g/mol. The summed E-state index contributed by atoms with van der Waals surface area (Å²) in [5.41, 5.74) is 0.648. The lowest BCUT2D eigenvalue weighted by Crippen LogP contribution is -2.33. The highest BCUT2D eigenvalue weighted by Gasteiger charge is 2.08. The maximum absolute atomic E-state index is 11.3. The molecule has 1 rings (SSSR count). The number of hydrogen-bond acceptors (Lipinski definition) is 4. The van der Waals surface area contributed by atoms with Crippen molar-refractivity contribution in [2.24, 2.45) is 0 Å². The molecular formula is C11H12N2O5. The largest absolute Gasteiger partial charge is 0.480 e. The Bertz CT molecular complexity index is 472. The molecule has 0 atom stereocenters. The molecule has 0 radical (unpaired) electrons. The van der Waals surface area contributed by atoms with E-state index in [9.17, 15) is 14.4 Å². The van der Waals surface area contributed by atoms with Crippen LogP contribution in [0.5, 0.6) is 0 Å². The van der Waals surface area contributed by atoms with Gasteiger partial charge in [-0.15, -0.1) is 0 Å². The van der Waals surface area contributed by atoms with E-state index < -0.39 is 24.5 Å². The van der Waals surface area contributed by atoms with Crippen molar-refractivity contribution in [1.82, 2.24) is 5.32 Å². The van der Waals surface area contributed by atoms with Crippen LogP contribution < -0.4 is 10.6 Å². The van der Waals surface area contributed by atoms with Crippen LogP contribution in [0.15, 0.2) is 24.3 Å². The van der Waals surface area contributed by atoms with Gasteiger partial charge in [0.15, 0.2) is 0 Å². The average molecular weight is 252 g/mol. The second-order valence-corrected chi connectivity index (χ2v) is 3.27. The van der Waals surface area contributed by atoms with Crippen molar-refractivity contribution in [2.45, 2.75) is 0 Å². The number of amides is 2. The van der Waals surface area contributed by atoms with Crippen LogP contribution in [0.3, 0.4) is 0 Å². The Morgan fingerprint density at radius 3 is 2.67 bits per heavy atom. The third-order valence-electron chi connectivity index (χ3n) is 1.94. The fourth-order valence-corrected chi connectivity index (χ4v) is 1.17. The van der Waals surface area contributed by atoms with Crippen LogP contribution in [0.25, 0.3) is 0 Å². The molecule has 0 aliphatic carbocycles. The number of hydrogen-bond donors (Lipinski definition) is 3. The molecule has 96 valence electrons. The van der Waals surface area contributed by atoms with Crippen LogP contribution in [0, 0.1) is 0 Å². The number of aliphatic carboxylic acids is 1. The number of ether oxygens (including phenoxy) is 1. The first-order valence-corrected chi connectivity index (χ1v) is 4.98. The molecule has 2 amide bonds. The van der Waals surface area contributed by atoms with Gasteiger partial charge in [-0.1, -0.05) is 6.07 Å². The molecule has 7 heteroatoms. The topological polar surface area (TPSA) is 105 Å². The van der Waals surface area contributed by atoms with Crippen molar-refractivity contribution < 1.29 is 24.2 Å². The van der Waals surface area contributed by atoms with Crippen molar-refractivity contribution in [3.63, 3.8) is 0 Å². The Labute approximate surface area is 103 Å². The lowest BCUT2D eigenvalue weighted by Gasteiger charge is -2.07. The number of carbonyl (C=O) groups excluding carboxylic acids is 2. The zero-order valence-electron chi connectivity index (χ0n) is 9.60. The Morgan fingerprint density at radius 1 is 1.33 bits per heavy atom. The maximum Gasteiger partial charge on any atom is 0.337 e. The molecule has 0 aliphatic heterocycles. The Hall–Kier alpha value is -2.57. The third kappa shape index (κ3) is 4.12. The second-order valence-electron chi connectivity index (χ2n) is 3.27.